The predicted octanol–water partition coefficient (Wildman–Crippen LogP) is 3.02. The van der Waals surface area contributed by atoms with Gasteiger partial charge in [-0.3, -0.25) is 0 Å². The number of aryl methyl sites for hydroxylation is 2. The van der Waals surface area contributed by atoms with Crippen LogP contribution in [0.2, 0.25) is 0 Å². The highest BCUT2D eigenvalue weighted by molar-refractivity contribution is 5.30. The standard InChI is InChI=1S/C16H24O2/c1-4-18-16(14-7-8-14)15(17)10-13-6-5-11(2)12(3)9-13/h5-6,9,14-17H,4,7-8,10H2,1-3H3. The summed E-state index contributed by atoms with van der Waals surface area (Å²) in [7, 11) is 0. The summed E-state index contributed by atoms with van der Waals surface area (Å²) in [6.07, 6.45) is 2.75. The minimum atomic E-state index is -0.375. The Morgan fingerprint density at radius 3 is 2.56 bits per heavy atom. The summed E-state index contributed by atoms with van der Waals surface area (Å²) in [4.78, 5) is 0. The smallest absolute Gasteiger partial charge is 0.0865 e. The molecule has 1 aliphatic carbocycles. The fourth-order valence-corrected chi connectivity index (χ4v) is 2.47. The maximum Gasteiger partial charge on any atom is 0.0865 e. The van der Waals surface area contributed by atoms with Crippen LogP contribution in [0, 0.1) is 19.8 Å². The van der Waals surface area contributed by atoms with Gasteiger partial charge in [0.25, 0.3) is 0 Å². The van der Waals surface area contributed by atoms with Crippen LogP contribution in [0.15, 0.2) is 18.2 Å². The average molecular weight is 248 g/mol. The molecule has 100 valence electrons. The van der Waals surface area contributed by atoms with Crippen molar-refractivity contribution in [3.05, 3.63) is 34.9 Å². The van der Waals surface area contributed by atoms with Crippen molar-refractivity contribution in [2.24, 2.45) is 5.92 Å². The van der Waals surface area contributed by atoms with E-state index in [1.54, 1.807) is 0 Å². The molecule has 2 rings (SSSR count). The van der Waals surface area contributed by atoms with Crippen LogP contribution in [0.25, 0.3) is 0 Å². The Labute approximate surface area is 110 Å². The molecule has 0 saturated heterocycles. The first-order chi connectivity index (χ1) is 8.61. The van der Waals surface area contributed by atoms with E-state index in [9.17, 15) is 5.11 Å². The Bertz CT molecular complexity index is 396. The van der Waals surface area contributed by atoms with Crippen LogP contribution in [0.4, 0.5) is 0 Å². The Morgan fingerprint density at radius 1 is 1.28 bits per heavy atom. The first kappa shape index (κ1) is 13.6. The van der Waals surface area contributed by atoms with Crippen LogP contribution in [-0.4, -0.2) is 23.9 Å². The lowest BCUT2D eigenvalue weighted by atomic mass is 9.98. The molecule has 2 unspecified atom stereocenters. The monoisotopic (exact) mass is 248 g/mol. The van der Waals surface area contributed by atoms with Gasteiger partial charge in [-0.05, 0) is 56.2 Å². The fraction of sp³-hybridized carbons (Fsp3) is 0.625. The van der Waals surface area contributed by atoms with Crippen molar-refractivity contribution in [1.82, 2.24) is 0 Å². The second-order valence-electron chi connectivity index (χ2n) is 5.45. The lowest BCUT2D eigenvalue weighted by molar-refractivity contribution is -0.0439. The minimum absolute atomic E-state index is 0.0246. The molecule has 2 atom stereocenters. The number of hydrogen-bond acceptors (Lipinski definition) is 2. The SMILES string of the molecule is CCOC(C(O)Cc1ccc(C)c(C)c1)C1CC1. The van der Waals surface area contributed by atoms with Gasteiger partial charge in [0.05, 0.1) is 12.2 Å². The van der Waals surface area contributed by atoms with Gasteiger partial charge in [-0.1, -0.05) is 18.2 Å². The zero-order valence-corrected chi connectivity index (χ0v) is 11.6. The number of aliphatic hydroxyl groups is 1. The molecule has 0 bridgehead atoms. The van der Waals surface area contributed by atoms with Crippen LogP contribution < -0.4 is 0 Å². The van der Waals surface area contributed by atoms with Gasteiger partial charge in [-0.25, -0.2) is 0 Å². The zero-order chi connectivity index (χ0) is 13.1. The van der Waals surface area contributed by atoms with E-state index in [2.05, 4.69) is 32.0 Å². The summed E-state index contributed by atoms with van der Waals surface area (Å²) in [6.45, 7) is 6.91. The van der Waals surface area contributed by atoms with Gasteiger partial charge in [0.15, 0.2) is 0 Å². The predicted molar refractivity (Wildman–Crippen MR) is 73.8 cm³/mol. The van der Waals surface area contributed by atoms with Gasteiger partial charge in [-0.2, -0.15) is 0 Å². The quantitative estimate of drug-likeness (QED) is 0.838. The van der Waals surface area contributed by atoms with Gasteiger partial charge in [-0.15, -0.1) is 0 Å². The topological polar surface area (TPSA) is 29.5 Å². The van der Waals surface area contributed by atoms with Crippen LogP contribution in [0.5, 0.6) is 0 Å². The molecule has 0 aromatic heterocycles. The van der Waals surface area contributed by atoms with Crippen molar-refractivity contribution in [1.29, 1.82) is 0 Å². The van der Waals surface area contributed by atoms with Crippen molar-refractivity contribution in [3.63, 3.8) is 0 Å². The first-order valence-corrected chi connectivity index (χ1v) is 6.97. The molecule has 2 heteroatoms. The van der Waals surface area contributed by atoms with E-state index >= 15 is 0 Å². The second-order valence-corrected chi connectivity index (χ2v) is 5.45. The molecular formula is C16H24O2. The largest absolute Gasteiger partial charge is 0.390 e. The van der Waals surface area contributed by atoms with Crippen molar-refractivity contribution in [2.75, 3.05) is 6.61 Å². The molecular weight excluding hydrogens is 224 g/mol. The minimum Gasteiger partial charge on any atom is -0.390 e. The van der Waals surface area contributed by atoms with E-state index < -0.39 is 0 Å². The Kier molecular flexibility index (Phi) is 4.41. The van der Waals surface area contributed by atoms with E-state index in [1.807, 2.05) is 6.92 Å². The molecule has 18 heavy (non-hydrogen) atoms. The van der Waals surface area contributed by atoms with Gasteiger partial charge < -0.3 is 9.84 Å². The third kappa shape index (κ3) is 3.33. The van der Waals surface area contributed by atoms with E-state index in [0.717, 1.165) is 0 Å². The summed E-state index contributed by atoms with van der Waals surface area (Å²) in [5.41, 5.74) is 3.80. The molecule has 0 aliphatic heterocycles. The lowest BCUT2D eigenvalue weighted by Gasteiger charge is -2.23. The molecule has 1 saturated carbocycles. The molecule has 1 aromatic rings. The molecule has 1 aromatic carbocycles. The van der Waals surface area contributed by atoms with E-state index in [0.29, 0.717) is 18.9 Å². The maximum absolute atomic E-state index is 10.3. The molecule has 0 amide bonds. The summed E-state index contributed by atoms with van der Waals surface area (Å²) in [5, 5.41) is 10.3. The Hall–Kier alpha value is -0.860. The van der Waals surface area contributed by atoms with Gasteiger partial charge in [0, 0.05) is 13.0 Å². The van der Waals surface area contributed by atoms with Crippen LogP contribution in [0.3, 0.4) is 0 Å². The normalized spacial score (nSPS) is 18.7. The second kappa shape index (κ2) is 5.85. The van der Waals surface area contributed by atoms with Crippen molar-refractivity contribution in [3.8, 4) is 0 Å². The van der Waals surface area contributed by atoms with Crippen LogP contribution in [0.1, 0.15) is 36.5 Å². The van der Waals surface area contributed by atoms with Crippen molar-refractivity contribution in [2.45, 2.75) is 52.2 Å². The highest BCUT2D eigenvalue weighted by Crippen LogP contribution is 2.36. The number of hydrogen-bond donors (Lipinski definition) is 1. The molecule has 1 aliphatic rings. The summed E-state index contributed by atoms with van der Waals surface area (Å²) >= 11 is 0. The molecule has 0 radical (unpaired) electrons. The van der Waals surface area contributed by atoms with Gasteiger partial charge in [0.2, 0.25) is 0 Å². The Balaban J connectivity index is 2.00. The number of aliphatic hydroxyl groups excluding tert-OH is 1. The third-order valence-electron chi connectivity index (χ3n) is 3.84. The number of rotatable bonds is 6. The van der Waals surface area contributed by atoms with E-state index in [4.69, 9.17) is 4.74 Å². The third-order valence-corrected chi connectivity index (χ3v) is 3.84. The van der Waals surface area contributed by atoms with Crippen LogP contribution >= 0.6 is 0 Å². The summed E-state index contributed by atoms with van der Waals surface area (Å²) in [6, 6.07) is 6.42. The van der Waals surface area contributed by atoms with Crippen LogP contribution in [-0.2, 0) is 11.2 Å². The van der Waals surface area contributed by atoms with E-state index in [-0.39, 0.29) is 12.2 Å². The molecule has 2 nitrogen and oxygen atoms in total. The number of benzene rings is 1. The highest BCUT2D eigenvalue weighted by Gasteiger charge is 2.36. The molecule has 0 heterocycles. The zero-order valence-electron chi connectivity index (χ0n) is 11.6. The average Bonchev–Trinajstić information content (AvgIpc) is 3.15. The summed E-state index contributed by atoms with van der Waals surface area (Å²) in [5.74, 6) is 0.575. The molecule has 1 fully saturated rings. The van der Waals surface area contributed by atoms with Gasteiger partial charge in [0.1, 0.15) is 0 Å². The highest BCUT2D eigenvalue weighted by atomic mass is 16.5. The van der Waals surface area contributed by atoms with Crippen molar-refractivity contribution >= 4 is 0 Å². The molecule has 1 N–H and O–H groups in total. The van der Waals surface area contributed by atoms with E-state index in [1.165, 1.54) is 29.5 Å². The molecule has 0 spiro atoms. The fourth-order valence-electron chi connectivity index (χ4n) is 2.47. The lowest BCUT2D eigenvalue weighted by Crippen LogP contribution is -2.32. The summed E-state index contributed by atoms with van der Waals surface area (Å²) < 4.78 is 5.70. The van der Waals surface area contributed by atoms with Crippen molar-refractivity contribution < 1.29 is 9.84 Å². The Morgan fingerprint density at radius 2 is 2.00 bits per heavy atom. The maximum atomic E-state index is 10.3. The number of ether oxygens (including phenoxy) is 1. The van der Waals surface area contributed by atoms with Gasteiger partial charge >= 0.3 is 0 Å². The first-order valence-electron chi connectivity index (χ1n) is 6.97.